The van der Waals surface area contributed by atoms with E-state index in [4.69, 9.17) is 14.0 Å². The minimum Gasteiger partial charge on any atom is -0.497 e. The molecule has 4 rings (SSSR count). The molecule has 0 atom stereocenters. The molecule has 8 heteroatoms. The average Bonchev–Trinajstić information content (AvgIpc) is 3.54. The molecule has 4 aromatic rings. The number of hydrogen-bond donors (Lipinski definition) is 0. The van der Waals surface area contributed by atoms with Crippen molar-refractivity contribution in [2.75, 3.05) is 20.8 Å². The number of aromatic nitrogens is 2. The van der Waals surface area contributed by atoms with Gasteiger partial charge in [-0.3, -0.25) is 4.79 Å². The Kier molecular flexibility index (Phi) is 6.81. The van der Waals surface area contributed by atoms with Crippen molar-refractivity contribution in [3.63, 3.8) is 0 Å². The van der Waals surface area contributed by atoms with Crippen molar-refractivity contribution in [3.8, 4) is 22.9 Å². The number of hydrogen-bond acceptors (Lipinski definition) is 7. The lowest BCUT2D eigenvalue weighted by atomic mass is 10.2. The molecule has 2 aromatic heterocycles. The molecule has 0 aliphatic rings. The second-order valence-electron chi connectivity index (χ2n) is 7.05. The van der Waals surface area contributed by atoms with E-state index in [1.807, 2.05) is 60.0 Å². The Balaban J connectivity index is 1.50. The maximum absolute atomic E-state index is 13.0. The molecule has 0 spiro atoms. The minimum absolute atomic E-state index is 0.0128. The van der Waals surface area contributed by atoms with Crippen LogP contribution in [0.4, 0.5) is 0 Å². The highest BCUT2D eigenvalue weighted by molar-refractivity contribution is 7.12. The third-order valence-corrected chi connectivity index (χ3v) is 5.77. The summed E-state index contributed by atoms with van der Waals surface area (Å²) in [6.45, 7) is 0.959. The Morgan fingerprint density at radius 2 is 1.78 bits per heavy atom. The van der Waals surface area contributed by atoms with Crippen LogP contribution in [-0.4, -0.2) is 41.7 Å². The van der Waals surface area contributed by atoms with E-state index in [0.29, 0.717) is 47.6 Å². The van der Waals surface area contributed by atoms with Gasteiger partial charge in [-0.1, -0.05) is 41.6 Å². The Morgan fingerprint density at radius 1 is 1.03 bits per heavy atom. The zero-order valence-electron chi connectivity index (χ0n) is 17.9. The van der Waals surface area contributed by atoms with Crippen LogP contribution in [0.15, 0.2) is 70.6 Å². The van der Waals surface area contributed by atoms with Gasteiger partial charge in [0.15, 0.2) is 0 Å². The lowest BCUT2D eigenvalue weighted by molar-refractivity contribution is 0.0746. The second-order valence-corrected chi connectivity index (χ2v) is 8.00. The molecule has 2 heterocycles. The van der Waals surface area contributed by atoms with E-state index in [-0.39, 0.29) is 5.91 Å². The summed E-state index contributed by atoms with van der Waals surface area (Å²) >= 11 is 1.43. The number of carbonyl (C=O) groups excluding carboxylic acids is 1. The van der Waals surface area contributed by atoms with Crippen LogP contribution < -0.4 is 9.47 Å². The number of amides is 1. The summed E-state index contributed by atoms with van der Waals surface area (Å²) in [6.07, 6.45) is 0.443. The Hall–Kier alpha value is -3.65. The minimum atomic E-state index is -0.0128. The summed E-state index contributed by atoms with van der Waals surface area (Å²) in [5.74, 6) is 2.17. The largest absolute Gasteiger partial charge is 0.497 e. The van der Waals surface area contributed by atoms with Crippen LogP contribution >= 0.6 is 11.3 Å². The quantitative estimate of drug-likeness (QED) is 0.369. The fourth-order valence-corrected chi connectivity index (χ4v) is 3.94. The topological polar surface area (TPSA) is 77.7 Å². The zero-order chi connectivity index (χ0) is 22.3. The number of thiophene rings is 1. The monoisotopic (exact) mass is 449 g/mol. The maximum Gasteiger partial charge on any atom is 0.264 e. The van der Waals surface area contributed by atoms with Gasteiger partial charge >= 0.3 is 0 Å². The summed E-state index contributed by atoms with van der Waals surface area (Å²) in [5, 5.41) is 6.00. The molecule has 164 valence electrons. The molecule has 0 saturated carbocycles. The molecular formula is C24H23N3O4S. The van der Waals surface area contributed by atoms with Gasteiger partial charge < -0.3 is 18.9 Å². The molecule has 0 saturated heterocycles. The molecule has 0 unspecified atom stereocenters. The number of methoxy groups -OCH3 is 2. The molecule has 0 aliphatic heterocycles. The number of benzene rings is 2. The molecule has 7 nitrogen and oxygen atoms in total. The number of ether oxygens (including phenoxy) is 2. The summed E-state index contributed by atoms with van der Waals surface area (Å²) < 4.78 is 16.1. The van der Waals surface area contributed by atoms with Gasteiger partial charge in [0.1, 0.15) is 11.5 Å². The van der Waals surface area contributed by atoms with E-state index in [1.165, 1.54) is 11.3 Å². The number of rotatable bonds is 9. The van der Waals surface area contributed by atoms with Gasteiger partial charge in [-0.2, -0.15) is 4.98 Å². The van der Waals surface area contributed by atoms with Crippen molar-refractivity contribution in [1.82, 2.24) is 15.0 Å². The summed E-state index contributed by atoms with van der Waals surface area (Å²) in [4.78, 5) is 20.1. The lowest BCUT2D eigenvalue weighted by Gasteiger charge is -2.21. The highest BCUT2D eigenvalue weighted by atomic mass is 32.1. The standard InChI is InChI=1S/C24H23N3O4S/c1-29-19-13-18(14-20(15-19)30-2)23-25-22(31-26-23)10-11-27(16-17-7-4-3-5-8-17)24(28)21-9-6-12-32-21/h3-9,12-15H,10-11,16H2,1-2H3. The van der Waals surface area contributed by atoms with Gasteiger partial charge in [-0.15, -0.1) is 11.3 Å². The van der Waals surface area contributed by atoms with Gasteiger partial charge in [-0.05, 0) is 29.1 Å². The van der Waals surface area contributed by atoms with E-state index in [0.717, 1.165) is 11.1 Å². The van der Waals surface area contributed by atoms with Gasteiger partial charge in [0.2, 0.25) is 11.7 Å². The number of carbonyl (C=O) groups is 1. The summed E-state index contributed by atoms with van der Waals surface area (Å²) in [5.41, 5.74) is 1.79. The fraction of sp³-hybridized carbons (Fsp3) is 0.208. The molecule has 0 radical (unpaired) electrons. The van der Waals surface area contributed by atoms with Crippen molar-refractivity contribution in [3.05, 3.63) is 82.4 Å². The molecule has 0 aliphatic carbocycles. The first-order chi connectivity index (χ1) is 15.7. The predicted octanol–water partition coefficient (Wildman–Crippen LogP) is 4.70. The van der Waals surface area contributed by atoms with E-state index >= 15 is 0 Å². The molecule has 32 heavy (non-hydrogen) atoms. The van der Waals surface area contributed by atoms with E-state index in [1.54, 1.807) is 25.2 Å². The van der Waals surface area contributed by atoms with Crippen LogP contribution in [0.1, 0.15) is 21.1 Å². The van der Waals surface area contributed by atoms with Crippen LogP contribution in [0.2, 0.25) is 0 Å². The molecule has 0 N–H and O–H groups in total. The lowest BCUT2D eigenvalue weighted by Crippen LogP contribution is -2.32. The third-order valence-electron chi connectivity index (χ3n) is 4.91. The predicted molar refractivity (Wildman–Crippen MR) is 122 cm³/mol. The van der Waals surface area contributed by atoms with E-state index in [9.17, 15) is 4.79 Å². The molecule has 1 amide bonds. The van der Waals surface area contributed by atoms with Crippen molar-refractivity contribution in [2.45, 2.75) is 13.0 Å². The Labute approximate surface area is 190 Å². The normalized spacial score (nSPS) is 10.7. The molecule has 0 bridgehead atoms. The molecular weight excluding hydrogens is 426 g/mol. The van der Waals surface area contributed by atoms with E-state index < -0.39 is 0 Å². The Bertz CT molecular complexity index is 1140. The third kappa shape index (κ3) is 5.15. The first kappa shape index (κ1) is 21.6. The second kappa shape index (κ2) is 10.1. The van der Waals surface area contributed by atoms with Gasteiger partial charge in [0, 0.05) is 31.1 Å². The fourth-order valence-electron chi connectivity index (χ4n) is 3.25. The summed E-state index contributed by atoms with van der Waals surface area (Å²) in [6, 6.07) is 19.1. The van der Waals surface area contributed by atoms with Gasteiger partial charge in [0.05, 0.1) is 19.1 Å². The highest BCUT2D eigenvalue weighted by Gasteiger charge is 2.19. The number of nitrogens with zero attached hydrogens (tertiary/aromatic N) is 3. The SMILES string of the molecule is COc1cc(OC)cc(-c2noc(CCN(Cc3ccccc3)C(=O)c3cccs3)n2)c1. The van der Waals surface area contributed by atoms with E-state index in [2.05, 4.69) is 10.1 Å². The first-order valence-corrected chi connectivity index (χ1v) is 11.0. The first-order valence-electron chi connectivity index (χ1n) is 10.1. The van der Waals surface area contributed by atoms with Crippen LogP contribution in [0.5, 0.6) is 11.5 Å². The Morgan fingerprint density at radius 3 is 2.44 bits per heavy atom. The van der Waals surface area contributed by atoms with Crippen molar-refractivity contribution < 1.29 is 18.8 Å². The van der Waals surface area contributed by atoms with Crippen molar-refractivity contribution in [1.29, 1.82) is 0 Å². The van der Waals surface area contributed by atoms with Gasteiger partial charge in [-0.25, -0.2) is 0 Å². The zero-order valence-corrected chi connectivity index (χ0v) is 18.7. The van der Waals surface area contributed by atoms with Crippen molar-refractivity contribution >= 4 is 17.2 Å². The van der Waals surface area contributed by atoms with Crippen molar-refractivity contribution in [2.24, 2.45) is 0 Å². The smallest absolute Gasteiger partial charge is 0.264 e. The highest BCUT2D eigenvalue weighted by Crippen LogP contribution is 2.28. The van der Waals surface area contributed by atoms with Gasteiger partial charge in [0.25, 0.3) is 5.91 Å². The van der Waals surface area contributed by atoms with Crippen LogP contribution in [0.25, 0.3) is 11.4 Å². The van der Waals surface area contributed by atoms with Crippen LogP contribution in [0.3, 0.4) is 0 Å². The maximum atomic E-state index is 13.0. The molecule has 2 aromatic carbocycles. The van der Waals surface area contributed by atoms with Crippen LogP contribution in [-0.2, 0) is 13.0 Å². The average molecular weight is 450 g/mol. The summed E-state index contributed by atoms with van der Waals surface area (Å²) in [7, 11) is 3.18. The van der Waals surface area contributed by atoms with Crippen LogP contribution in [0, 0.1) is 0 Å². The molecule has 0 fully saturated rings.